The molecule has 0 unspecified atom stereocenters. The summed E-state index contributed by atoms with van der Waals surface area (Å²) in [5, 5.41) is 15.6. The molecule has 1 aromatic heterocycles. The van der Waals surface area contributed by atoms with Crippen molar-refractivity contribution in [3.8, 4) is 17.3 Å². The minimum Gasteiger partial charge on any atom is -0.497 e. The number of aromatic nitrogens is 2. The standard InChI is InChI=1S/C25H24N4O4S/c1-3-22(30)26-13-12-18-17-6-4-5-7-20(17)27-21(18)14-19-23(31)28-25(34)29(24(19)32)15-8-10-16(33-2)11-9-15/h4-11,14,32H,3,12-13H2,1-2H3,(H,26,30)(H,28,31,34). The Morgan fingerprint density at radius 2 is 1.97 bits per heavy atom. The fourth-order valence-corrected chi connectivity index (χ4v) is 4.06. The van der Waals surface area contributed by atoms with Crippen LogP contribution < -0.4 is 26.2 Å². The number of para-hydroxylation sites is 1. The molecule has 0 spiro atoms. The van der Waals surface area contributed by atoms with E-state index in [1.54, 1.807) is 44.4 Å². The SMILES string of the molecule is CCC(=O)NCCC1=c2ccccc2=NC1=Cc1c(O)n(-c2ccc(OC)cc2)c(=S)[nH]c1=O. The lowest BCUT2D eigenvalue weighted by molar-refractivity contribution is -0.120. The molecule has 0 aliphatic carbocycles. The number of hydrogen-bond donors (Lipinski definition) is 3. The van der Waals surface area contributed by atoms with Gasteiger partial charge in [0.2, 0.25) is 11.8 Å². The summed E-state index contributed by atoms with van der Waals surface area (Å²) < 4.78 is 6.63. The number of aromatic amines is 1. The van der Waals surface area contributed by atoms with E-state index in [0.29, 0.717) is 36.5 Å². The van der Waals surface area contributed by atoms with Crippen LogP contribution in [0.25, 0.3) is 17.3 Å². The van der Waals surface area contributed by atoms with Gasteiger partial charge in [0.1, 0.15) is 11.3 Å². The van der Waals surface area contributed by atoms with Crippen LogP contribution in [0.5, 0.6) is 11.6 Å². The van der Waals surface area contributed by atoms with Gasteiger partial charge in [-0.25, -0.2) is 4.99 Å². The zero-order valence-corrected chi connectivity index (χ0v) is 19.6. The number of ether oxygens (including phenoxy) is 1. The van der Waals surface area contributed by atoms with Crippen LogP contribution in [0.3, 0.4) is 0 Å². The summed E-state index contributed by atoms with van der Waals surface area (Å²) in [5.74, 6) is 0.319. The quantitative estimate of drug-likeness (QED) is 0.454. The molecule has 2 aromatic carbocycles. The van der Waals surface area contributed by atoms with Gasteiger partial charge >= 0.3 is 0 Å². The number of nitrogens with one attached hydrogen (secondary N) is 2. The first-order valence-corrected chi connectivity index (χ1v) is 11.2. The van der Waals surface area contributed by atoms with Crippen LogP contribution in [0, 0.1) is 4.77 Å². The number of amides is 1. The Kier molecular flexibility index (Phi) is 6.74. The fourth-order valence-electron chi connectivity index (χ4n) is 3.77. The van der Waals surface area contributed by atoms with E-state index in [1.807, 2.05) is 24.3 Å². The van der Waals surface area contributed by atoms with E-state index in [2.05, 4.69) is 15.3 Å². The minimum atomic E-state index is -0.524. The van der Waals surface area contributed by atoms with Crippen LogP contribution >= 0.6 is 12.2 Å². The Hall–Kier alpha value is -3.98. The highest BCUT2D eigenvalue weighted by molar-refractivity contribution is 7.71. The number of nitrogens with zero attached hydrogens (tertiary/aromatic N) is 2. The third-order valence-electron chi connectivity index (χ3n) is 5.53. The molecule has 3 aromatic rings. The van der Waals surface area contributed by atoms with Crippen LogP contribution in [0.4, 0.5) is 0 Å². The third kappa shape index (κ3) is 4.55. The second kappa shape index (κ2) is 9.88. The third-order valence-corrected chi connectivity index (χ3v) is 5.81. The van der Waals surface area contributed by atoms with Gasteiger partial charge in [0.05, 0.1) is 23.9 Å². The van der Waals surface area contributed by atoms with Crippen molar-refractivity contribution in [3.63, 3.8) is 0 Å². The number of hydrogen-bond acceptors (Lipinski definition) is 6. The summed E-state index contributed by atoms with van der Waals surface area (Å²) in [5.41, 5.74) is 1.50. The maximum absolute atomic E-state index is 12.8. The largest absolute Gasteiger partial charge is 0.497 e. The average Bonchev–Trinajstić information content (AvgIpc) is 3.19. The summed E-state index contributed by atoms with van der Waals surface area (Å²) in [4.78, 5) is 31.8. The summed E-state index contributed by atoms with van der Waals surface area (Å²) in [6.07, 6.45) is 2.48. The first kappa shape index (κ1) is 23.2. The van der Waals surface area contributed by atoms with Crippen molar-refractivity contribution in [1.29, 1.82) is 0 Å². The van der Waals surface area contributed by atoms with Crippen molar-refractivity contribution in [2.75, 3.05) is 13.7 Å². The maximum Gasteiger partial charge on any atom is 0.262 e. The molecule has 0 bridgehead atoms. The van der Waals surface area contributed by atoms with Crippen LogP contribution in [-0.2, 0) is 4.79 Å². The van der Waals surface area contributed by atoms with E-state index in [0.717, 1.165) is 16.1 Å². The van der Waals surface area contributed by atoms with E-state index in [9.17, 15) is 14.7 Å². The second-order valence-electron chi connectivity index (χ2n) is 7.62. The number of aromatic hydroxyl groups is 1. The molecule has 0 atom stereocenters. The Balaban J connectivity index is 1.81. The zero-order valence-electron chi connectivity index (χ0n) is 18.8. The summed E-state index contributed by atoms with van der Waals surface area (Å²) in [7, 11) is 1.56. The van der Waals surface area contributed by atoms with Gasteiger partial charge < -0.3 is 15.2 Å². The van der Waals surface area contributed by atoms with Crippen molar-refractivity contribution in [1.82, 2.24) is 14.9 Å². The monoisotopic (exact) mass is 476 g/mol. The van der Waals surface area contributed by atoms with Gasteiger partial charge in [-0.1, -0.05) is 25.1 Å². The predicted octanol–water partition coefficient (Wildman–Crippen LogP) is 2.35. The molecule has 1 amide bonds. The molecule has 1 aliphatic heterocycles. The first-order valence-electron chi connectivity index (χ1n) is 10.8. The van der Waals surface area contributed by atoms with E-state index in [1.165, 1.54) is 4.57 Å². The molecule has 0 fully saturated rings. The highest BCUT2D eigenvalue weighted by atomic mass is 32.1. The number of benzene rings is 2. The van der Waals surface area contributed by atoms with Gasteiger partial charge in [-0.3, -0.25) is 19.1 Å². The van der Waals surface area contributed by atoms with Crippen LogP contribution in [0.1, 0.15) is 25.3 Å². The lowest BCUT2D eigenvalue weighted by Crippen LogP contribution is -2.26. The number of allylic oxidation sites excluding steroid dienone is 1. The highest BCUT2D eigenvalue weighted by Gasteiger charge is 2.18. The average molecular weight is 477 g/mol. The van der Waals surface area contributed by atoms with Gasteiger partial charge in [0.25, 0.3) is 5.56 Å². The molecule has 174 valence electrons. The Morgan fingerprint density at radius 3 is 2.68 bits per heavy atom. The van der Waals surface area contributed by atoms with Crippen molar-refractivity contribution in [2.24, 2.45) is 4.99 Å². The van der Waals surface area contributed by atoms with Gasteiger partial charge in [0.15, 0.2) is 4.77 Å². The van der Waals surface area contributed by atoms with Crippen molar-refractivity contribution in [2.45, 2.75) is 19.8 Å². The van der Waals surface area contributed by atoms with Crippen LogP contribution in [0.2, 0.25) is 0 Å². The number of carbonyl (C=O) groups excluding carboxylic acids is 1. The normalized spacial score (nSPS) is 13.5. The second-order valence-corrected chi connectivity index (χ2v) is 8.01. The Labute approximate surface area is 200 Å². The summed E-state index contributed by atoms with van der Waals surface area (Å²) in [6, 6.07) is 14.6. The van der Waals surface area contributed by atoms with Gasteiger partial charge in [-0.05, 0) is 60.6 Å². The fraction of sp³-hybridized carbons (Fsp3) is 0.200. The molecule has 9 heteroatoms. The number of fused-ring (bicyclic) bond motifs is 1. The maximum atomic E-state index is 12.8. The van der Waals surface area contributed by atoms with E-state index >= 15 is 0 Å². The zero-order chi connectivity index (χ0) is 24.2. The van der Waals surface area contributed by atoms with Crippen molar-refractivity contribution < 1.29 is 14.6 Å². The van der Waals surface area contributed by atoms with E-state index < -0.39 is 5.56 Å². The number of rotatable bonds is 7. The molecule has 0 saturated heterocycles. The molecule has 0 saturated carbocycles. The van der Waals surface area contributed by atoms with Gasteiger partial charge in [0, 0.05) is 18.2 Å². The van der Waals surface area contributed by atoms with E-state index in [4.69, 9.17) is 17.0 Å². The molecule has 1 aliphatic rings. The van der Waals surface area contributed by atoms with Crippen LogP contribution in [0.15, 0.2) is 64.0 Å². The Morgan fingerprint density at radius 1 is 1.24 bits per heavy atom. The summed E-state index contributed by atoms with van der Waals surface area (Å²) in [6.45, 7) is 2.23. The predicted molar refractivity (Wildman–Crippen MR) is 132 cm³/mol. The molecule has 8 nitrogen and oxygen atoms in total. The van der Waals surface area contributed by atoms with Gasteiger partial charge in [-0.15, -0.1) is 0 Å². The van der Waals surface area contributed by atoms with Crippen molar-refractivity contribution in [3.05, 3.63) is 85.5 Å². The number of methoxy groups -OCH3 is 1. The van der Waals surface area contributed by atoms with Gasteiger partial charge in [-0.2, -0.15) is 0 Å². The highest BCUT2D eigenvalue weighted by Crippen LogP contribution is 2.26. The minimum absolute atomic E-state index is 0.0334. The molecule has 3 N–H and O–H groups in total. The first-order chi connectivity index (χ1) is 16.4. The lowest BCUT2D eigenvalue weighted by Gasteiger charge is -2.12. The lowest BCUT2D eigenvalue weighted by atomic mass is 10.1. The smallest absolute Gasteiger partial charge is 0.262 e. The molecule has 0 radical (unpaired) electrons. The topological polar surface area (TPSA) is 109 Å². The van der Waals surface area contributed by atoms with Crippen LogP contribution in [-0.4, -0.2) is 34.2 Å². The van der Waals surface area contributed by atoms with Crippen molar-refractivity contribution >= 4 is 29.8 Å². The van der Waals surface area contributed by atoms with E-state index in [-0.39, 0.29) is 22.1 Å². The molecule has 34 heavy (non-hydrogen) atoms. The summed E-state index contributed by atoms with van der Waals surface area (Å²) >= 11 is 5.31. The molecule has 2 heterocycles. The number of carbonyl (C=O) groups is 1. The Bertz CT molecular complexity index is 1520. The molecular formula is C25H24N4O4S. The molecular weight excluding hydrogens is 452 g/mol. The number of H-pyrrole nitrogens is 1. The molecule has 4 rings (SSSR count).